The van der Waals surface area contributed by atoms with Gasteiger partial charge in [-0.15, -0.1) is 0 Å². The fourth-order valence-corrected chi connectivity index (χ4v) is 1.77. The molecule has 0 aromatic heterocycles. The Hall–Kier alpha value is -1.75. The second kappa shape index (κ2) is 5.54. The molecule has 92 valence electrons. The highest BCUT2D eigenvalue weighted by atomic mass is 16.6. The minimum Gasteiger partial charge on any atom is -0.495 e. The fraction of sp³-hybridized carbons (Fsp3) is 0.417. The van der Waals surface area contributed by atoms with E-state index in [0.717, 1.165) is 19.5 Å². The molecule has 1 fully saturated rings. The molecular formula is C12H16N2O3. The van der Waals surface area contributed by atoms with Crippen molar-refractivity contribution in [3.8, 4) is 5.75 Å². The van der Waals surface area contributed by atoms with E-state index >= 15 is 0 Å². The minimum atomic E-state index is -0.441. The van der Waals surface area contributed by atoms with Crippen LogP contribution in [0, 0.1) is 0 Å². The van der Waals surface area contributed by atoms with E-state index in [1.54, 1.807) is 19.2 Å². The summed E-state index contributed by atoms with van der Waals surface area (Å²) < 4.78 is 10.4. The van der Waals surface area contributed by atoms with E-state index in [0.29, 0.717) is 11.4 Å². The summed E-state index contributed by atoms with van der Waals surface area (Å²) in [7, 11) is 1.56. The predicted molar refractivity (Wildman–Crippen MR) is 64.4 cm³/mol. The number of hydrogen-bond donors (Lipinski definition) is 2. The first kappa shape index (κ1) is 11.7. The zero-order valence-corrected chi connectivity index (χ0v) is 9.73. The van der Waals surface area contributed by atoms with E-state index in [1.165, 1.54) is 0 Å². The van der Waals surface area contributed by atoms with Crippen molar-refractivity contribution in [2.45, 2.75) is 12.5 Å². The minimum absolute atomic E-state index is 0.0373. The number of carbonyl (C=O) groups excluding carboxylic acids is 1. The van der Waals surface area contributed by atoms with Gasteiger partial charge in [-0.05, 0) is 25.1 Å². The van der Waals surface area contributed by atoms with Crippen molar-refractivity contribution in [1.82, 2.24) is 5.32 Å². The normalized spacial score (nSPS) is 18.8. The van der Waals surface area contributed by atoms with Crippen LogP contribution in [0.1, 0.15) is 6.42 Å². The second-order valence-electron chi connectivity index (χ2n) is 3.85. The Labute approximate surface area is 100 Å². The van der Waals surface area contributed by atoms with Crippen LogP contribution in [0.2, 0.25) is 0 Å². The van der Waals surface area contributed by atoms with E-state index in [4.69, 9.17) is 9.47 Å². The van der Waals surface area contributed by atoms with Crippen LogP contribution in [0.15, 0.2) is 24.3 Å². The summed E-state index contributed by atoms with van der Waals surface area (Å²) in [6.07, 6.45) is 0.382. The molecular weight excluding hydrogens is 220 g/mol. The molecule has 0 bridgehead atoms. The number of methoxy groups -OCH3 is 1. The number of hydrogen-bond acceptors (Lipinski definition) is 4. The second-order valence-corrected chi connectivity index (χ2v) is 3.85. The molecule has 5 nitrogen and oxygen atoms in total. The number of benzene rings is 1. The molecule has 2 N–H and O–H groups in total. The van der Waals surface area contributed by atoms with E-state index in [9.17, 15) is 4.79 Å². The molecule has 1 unspecified atom stereocenters. The van der Waals surface area contributed by atoms with Gasteiger partial charge in [0, 0.05) is 6.54 Å². The van der Waals surface area contributed by atoms with Crippen LogP contribution >= 0.6 is 0 Å². The van der Waals surface area contributed by atoms with Crippen LogP contribution in [0.25, 0.3) is 0 Å². The summed E-state index contributed by atoms with van der Waals surface area (Å²) in [6, 6.07) is 7.23. The van der Waals surface area contributed by atoms with E-state index < -0.39 is 6.09 Å². The van der Waals surface area contributed by atoms with Gasteiger partial charge in [-0.25, -0.2) is 4.79 Å². The van der Waals surface area contributed by atoms with E-state index in [1.807, 2.05) is 12.1 Å². The number of anilines is 1. The Kier molecular flexibility index (Phi) is 3.82. The van der Waals surface area contributed by atoms with Crippen molar-refractivity contribution in [3.05, 3.63) is 24.3 Å². The van der Waals surface area contributed by atoms with E-state index in [-0.39, 0.29) is 6.10 Å². The van der Waals surface area contributed by atoms with Crippen LogP contribution in [-0.4, -0.2) is 32.4 Å². The summed E-state index contributed by atoms with van der Waals surface area (Å²) in [6.45, 7) is 1.62. The predicted octanol–water partition coefficient (Wildman–Crippen LogP) is 1.61. The summed E-state index contributed by atoms with van der Waals surface area (Å²) in [4.78, 5) is 11.6. The maximum atomic E-state index is 11.6. The van der Waals surface area contributed by atoms with Crippen LogP contribution in [0.5, 0.6) is 5.75 Å². The molecule has 0 radical (unpaired) electrons. The average Bonchev–Trinajstić information content (AvgIpc) is 2.82. The first-order chi connectivity index (χ1) is 8.29. The summed E-state index contributed by atoms with van der Waals surface area (Å²) in [5.41, 5.74) is 0.617. The zero-order chi connectivity index (χ0) is 12.1. The standard InChI is InChI=1S/C12H16N2O3/c1-16-11-5-3-2-4-10(11)14-12(15)17-9-6-7-13-8-9/h2-5,9,13H,6-8H2,1H3,(H,14,15). The van der Waals surface area contributed by atoms with Crippen molar-refractivity contribution < 1.29 is 14.3 Å². The number of carbonyl (C=O) groups is 1. The molecule has 1 aliphatic heterocycles. The average molecular weight is 236 g/mol. The van der Waals surface area contributed by atoms with Gasteiger partial charge in [-0.3, -0.25) is 5.32 Å². The van der Waals surface area contributed by atoms with Crippen molar-refractivity contribution in [2.75, 3.05) is 25.5 Å². The van der Waals surface area contributed by atoms with Gasteiger partial charge >= 0.3 is 6.09 Å². The molecule has 1 saturated heterocycles. The molecule has 17 heavy (non-hydrogen) atoms. The third-order valence-electron chi connectivity index (χ3n) is 2.63. The van der Waals surface area contributed by atoms with E-state index in [2.05, 4.69) is 10.6 Å². The SMILES string of the molecule is COc1ccccc1NC(=O)OC1CCNC1. The maximum Gasteiger partial charge on any atom is 0.412 e. The molecule has 1 heterocycles. The number of rotatable bonds is 3. The maximum absolute atomic E-state index is 11.6. The molecule has 0 saturated carbocycles. The fourth-order valence-electron chi connectivity index (χ4n) is 1.77. The first-order valence-electron chi connectivity index (χ1n) is 5.61. The lowest BCUT2D eigenvalue weighted by molar-refractivity contribution is 0.121. The van der Waals surface area contributed by atoms with Crippen molar-refractivity contribution in [3.63, 3.8) is 0 Å². The molecule has 0 spiro atoms. The molecule has 1 aromatic carbocycles. The molecule has 5 heteroatoms. The number of amides is 1. The molecule has 1 atom stereocenters. The number of para-hydroxylation sites is 2. The van der Waals surface area contributed by atoms with Crippen LogP contribution in [0.4, 0.5) is 10.5 Å². The topological polar surface area (TPSA) is 59.6 Å². The third-order valence-corrected chi connectivity index (χ3v) is 2.63. The highest BCUT2D eigenvalue weighted by molar-refractivity contribution is 5.86. The quantitative estimate of drug-likeness (QED) is 0.837. The number of ether oxygens (including phenoxy) is 2. The van der Waals surface area contributed by atoms with Gasteiger partial charge in [-0.2, -0.15) is 0 Å². The lowest BCUT2D eigenvalue weighted by atomic mass is 10.3. The Morgan fingerprint density at radius 3 is 3.00 bits per heavy atom. The summed E-state index contributed by atoms with van der Waals surface area (Å²) in [5.74, 6) is 0.619. The Morgan fingerprint density at radius 1 is 1.47 bits per heavy atom. The summed E-state index contributed by atoms with van der Waals surface area (Å²) >= 11 is 0. The van der Waals surface area contributed by atoms with Gasteiger partial charge in [0.15, 0.2) is 0 Å². The highest BCUT2D eigenvalue weighted by Gasteiger charge is 2.19. The monoisotopic (exact) mass is 236 g/mol. The lowest BCUT2D eigenvalue weighted by Gasteiger charge is -2.13. The van der Waals surface area contributed by atoms with Gasteiger partial charge in [-0.1, -0.05) is 12.1 Å². The van der Waals surface area contributed by atoms with Crippen LogP contribution < -0.4 is 15.4 Å². The van der Waals surface area contributed by atoms with Gasteiger partial charge in [0.2, 0.25) is 0 Å². The van der Waals surface area contributed by atoms with Crippen LogP contribution in [0.3, 0.4) is 0 Å². The molecule has 2 rings (SSSR count). The molecule has 1 aliphatic rings. The number of nitrogens with one attached hydrogen (secondary N) is 2. The lowest BCUT2D eigenvalue weighted by Crippen LogP contribution is -2.24. The zero-order valence-electron chi connectivity index (χ0n) is 9.73. The van der Waals surface area contributed by atoms with Crippen LogP contribution in [-0.2, 0) is 4.74 Å². The molecule has 1 aromatic rings. The Bertz CT molecular complexity index is 389. The first-order valence-corrected chi connectivity index (χ1v) is 5.61. The molecule has 0 aliphatic carbocycles. The Morgan fingerprint density at radius 2 is 2.29 bits per heavy atom. The summed E-state index contributed by atoms with van der Waals surface area (Å²) in [5, 5.41) is 5.81. The van der Waals surface area contributed by atoms with Gasteiger partial charge in [0.1, 0.15) is 11.9 Å². The van der Waals surface area contributed by atoms with Crippen molar-refractivity contribution >= 4 is 11.8 Å². The smallest absolute Gasteiger partial charge is 0.412 e. The van der Waals surface area contributed by atoms with Crippen molar-refractivity contribution in [1.29, 1.82) is 0 Å². The molecule has 1 amide bonds. The van der Waals surface area contributed by atoms with Gasteiger partial charge < -0.3 is 14.8 Å². The van der Waals surface area contributed by atoms with Gasteiger partial charge in [0.25, 0.3) is 0 Å². The van der Waals surface area contributed by atoms with Crippen molar-refractivity contribution in [2.24, 2.45) is 0 Å². The third kappa shape index (κ3) is 3.10. The largest absolute Gasteiger partial charge is 0.495 e. The highest BCUT2D eigenvalue weighted by Crippen LogP contribution is 2.23. The van der Waals surface area contributed by atoms with Gasteiger partial charge in [0.05, 0.1) is 12.8 Å². The Balaban J connectivity index is 1.92.